The third-order valence-corrected chi connectivity index (χ3v) is 3.45. The molecule has 8 heteroatoms. The van der Waals surface area contributed by atoms with E-state index in [-0.39, 0.29) is 19.1 Å². The Balaban J connectivity index is 1.88. The van der Waals surface area contributed by atoms with Gasteiger partial charge in [0.15, 0.2) is 6.04 Å². The van der Waals surface area contributed by atoms with E-state index < -0.39 is 12.0 Å². The van der Waals surface area contributed by atoms with E-state index in [1.165, 1.54) is 22.2 Å². The smallest absolute Gasteiger partial charge is 0.328 e. The number of carbonyl (C=O) groups is 2. The van der Waals surface area contributed by atoms with Crippen LogP contribution < -0.4 is 0 Å². The molecule has 2 aromatic rings. The van der Waals surface area contributed by atoms with Crippen molar-refractivity contribution in [3.63, 3.8) is 0 Å². The molecule has 3 rings (SSSR count). The van der Waals surface area contributed by atoms with Crippen LogP contribution in [0.3, 0.4) is 0 Å². The molecule has 1 atom stereocenters. The maximum absolute atomic E-state index is 12.6. The van der Waals surface area contributed by atoms with Crippen LogP contribution >= 0.6 is 0 Å². The maximum Gasteiger partial charge on any atom is 0.328 e. The number of carbonyl (C=O) groups excluding carboxylic acids is 1. The van der Waals surface area contributed by atoms with Crippen molar-refractivity contribution >= 4 is 11.9 Å². The van der Waals surface area contributed by atoms with Crippen molar-refractivity contribution in [1.29, 1.82) is 0 Å². The molecule has 8 nitrogen and oxygen atoms in total. The zero-order valence-electron chi connectivity index (χ0n) is 11.6. The molecular weight excluding hydrogens is 288 g/mol. The van der Waals surface area contributed by atoms with Crippen LogP contribution in [0.15, 0.2) is 36.9 Å². The number of benzene rings is 1. The maximum atomic E-state index is 12.6. The van der Waals surface area contributed by atoms with Crippen molar-refractivity contribution in [2.75, 3.05) is 19.8 Å². The van der Waals surface area contributed by atoms with Crippen LogP contribution in [0, 0.1) is 0 Å². The number of carboxylic acids is 1. The quantitative estimate of drug-likeness (QED) is 0.869. The molecule has 22 heavy (non-hydrogen) atoms. The second kappa shape index (κ2) is 5.94. The first kappa shape index (κ1) is 14.2. The van der Waals surface area contributed by atoms with Crippen LogP contribution in [0.2, 0.25) is 0 Å². The fourth-order valence-corrected chi connectivity index (χ4v) is 2.34. The Kier molecular flexibility index (Phi) is 3.84. The molecule has 1 aliphatic heterocycles. The summed E-state index contributed by atoms with van der Waals surface area (Å²) < 4.78 is 6.68. The second-order valence-electron chi connectivity index (χ2n) is 4.82. The summed E-state index contributed by atoms with van der Waals surface area (Å²) in [5.74, 6) is -1.40. The van der Waals surface area contributed by atoms with Gasteiger partial charge in [-0.25, -0.2) is 14.5 Å². The highest BCUT2D eigenvalue weighted by Gasteiger charge is 2.33. The third kappa shape index (κ3) is 2.68. The molecule has 0 aliphatic carbocycles. The van der Waals surface area contributed by atoms with Gasteiger partial charge in [0, 0.05) is 12.1 Å². The number of rotatable bonds is 3. The largest absolute Gasteiger partial charge is 0.480 e. The number of morpholine rings is 1. The number of nitrogens with zero attached hydrogens (tertiary/aromatic N) is 4. The van der Waals surface area contributed by atoms with E-state index in [4.69, 9.17) is 4.74 Å². The summed E-state index contributed by atoms with van der Waals surface area (Å²) >= 11 is 0. The van der Waals surface area contributed by atoms with Gasteiger partial charge in [0.25, 0.3) is 5.91 Å². The Bertz CT molecular complexity index is 686. The van der Waals surface area contributed by atoms with Crippen molar-refractivity contribution in [1.82, 2.24) is 19.7 Å². The van der Waals surface area contributed by atoms with Gasteiger partial charge >= 0.3 is 5.97 Å². The van der Waals surface area contributed by atoms with E-state index in [1.807, 2.05) is 0 Å². The van der Waals surface area contributed by atoms with Gasteiger partial charge in [0.2, 0.25) is 0 Å². The first-order chi connectivity index (χ1) is 10.7. The molecule has 1 aromatic heterocycles. The average Bonchev–Trinajstić information content (AvgIpc) is 3.09. The minimum Gasteiger partial charge on any atom is -0.480 e. The zero-order chi connectivity index (χ0) is 15.5. The Morgan fingerprint density at radius 1 is 1.36 bits per heavy atom. The molecule has 1 N–H and O–H groups in total. The molecule has 114 valence electrons. The standard InChI is InChI=1S/C14H14N4O4/c19-13(17-4-5-22-7-12(17)14(20)21)10-2-1-3-11(6-10)18-9-15-8-16-18/h1-3,6,8-9,12H,4-5,7H2,(H,20,21)/t12-/m0/s1. The van der Waals surface area contributed by atoms with E-state index >= 15 is 0 Å². The minimum absolute atomic E-state index is 0.00381. The van der Waals surface area contributed by atoms with Gasteiger partial charge in [-0.05, 0) is 18.2 Å². The van der Waals surface area contributed by atoms with Crippen LogP contribution in [0.1, 0.15) is 10.4 Å². The Labute approximate surface area is 125 Å². The predicted octanol–water partition coefficient (Wildman–Crippen LogP) is 0.193. The highest BCUT2D eigenvalue weighted by Crippen LogP contribution is 2.15. The Hall–Kier alpha value is -2.74. The van der Waals surface area contributed by atoms with Gasteiger partial charge in [-0.3, -0.25) is 4.79 Å². The molecule has 1 fully saturated rings. The summed E-state index contributed by atoms with van der Waals surface area (Å²) in [6, 6.07) is 5.86. The third-order valence-electron chi connectivity index (χ3n) is 3.45. The molecule has 0 bridgehead atoms. The number of ether oxygens (including phenoxy) is 1. The van der Waals surface area contributed by atoms with E-state index in [0.29, 0.717) is 17.9 Å². The Morgan fingerprint density at radius 2 is 2.23 bits per heavy atom. The molecule has 0 radical (unpaired) electrons. The lowest BCUT2D eigenvalue weighted by Crippen LogP contribution is -2.52. The predicted molar refractivity (Wildman–Crippen MR) is 74.6 cm³/mol. The molecule has 1 aliphatic rings. The first-order valence-electron chi connectivity index (χ1n) is 6.73. The van der Waals surface area contributed by atoms with Crippen LogP contribution in [-0.2, 0) is 9.53 Å². The minimum atomic E-state index is -1.07. The normalized spacial score (nSPS) is 18.2. The number of carboxylic acid groups (broad SMARTS) is 1. The molecule has 0 saturated carbocycles. The van der Waals surface area contributed by atoms with Crippen LogP contribution in [0.5, 0.6) is 0 Å². The average molecular weight is 302 g/mol. The monoisotopic (exact) mass is 302 g/mol. The Morgan fingerprint density at radius 3 is 2.95 bits per heavy atom. The van der Waals surface area contributed by atoms with Crippen LogP contribution in [0.4, 0.5) is 0 Å². The second-order valence-corrected chi connectivity index (χ2v) is 4.82. The van der Waals surface area contributed by atoms with Crippen molar-refractivity contribution in [3.05, 3.63) is 42.5 Å². The van der Waals surface area contributed by atoms with Gasteiger partial charge in [-0.15, -0.1) is 0 Å². The summed E-state index contributed by atoms with van der Waals surface area (Å²) in [6.07, 6.45) is 2.93. The molecule has 2 heterocycles. The molecule has 0 spiro atoms. The van der Waals surface area contributed by atoms with E-state index in [2.05, 4.69) is 10.1 Å². The van der Waals surface area contributed by atoms with Crippen molar-refractivity contribution < 1.29 is 19.4 Å². The van der Waals surface area contributed by atoms with E-state index in [1.54, 1.807) is 24.3 Å². The summed E-state index contributed by atoms with van der Waals surface area (Å²) in [7, 11) is 0. The van der Waals surface area contributed by atoms with Crippen molar-refractivity contribution in [2.24, 2.45) is 0 Å². The number of hydrogen-bond donors (Lipinski definition) is 1. The van der Waals surface area contributed by atoms with Gasteiger partial charge in [-0.2, -0.15) is 5.10 Å². The summed E-state index contributed by atoms with van der Waals surface area (Å²) in [5, 5.41) is 13.2. The molecule has 1 saturated heterocycles. The van der Waals surface area contributed by atoms with E-state index in [9.17, 15) is 14.7 Å². The number of amides is 1. The SMILES string of the molecule is O=C(O)[C@@H]1COCCN1C(=O)c1cccc(-n2cncn2)c1. The van der Waals surface area contributed by atoms with Gasteiger partial charge in [-0.1, -0.05) is 6.07 Å². The van der Waals surface area contributed by atoms with Gasteiger partial charge < -0.3 is 14.7 Å². The highest BCUT2D eigenvalue weighted by atomic mass is 16.5. The first-order valence-corrected chi connectivity index (χ1v) is 6.73. The lowest BCUT2D eigenvalue weighted by atomic mass is 10.1. The van der Waals surface area contributed by atoms with Gasteiger partial charge in [0.05, 0.1) is 18.9 Å². The van der Waals surface area contributed by atoms with Crippen molar-refractivity contribution in [2.45, 2.75) is 6.04 Å². The zero-order valence-corrected chi connectivity index (χ0v) is 11.6. The van der Waals surface area contributed by atoms with E-state index in [0.717, 1.165) is 0 Å². The summed E-state index contributed by atoms with van der Waals surface area (Å²) in [6.45, 7) is 0.589. The molecule has 1 aromatic carbocycles. The van der Waals surface area contributed by atoms with Crippen LogP contribution in [0.25, 0.3) is 5.69 Å². The lowest BCUT2D eigenvalue weighted by Gasteiger charge is -2.32. The summed E-state index contributed by atoms with van der Waals surface area (Å²) in [5.41, 5.74) is 1.09. The summed E-state index contributed by atoms with van der Waals surface area (Å²) in [4.78, 5) is 29.0. The fraction of sp³-hybridized carbons (Fsp3) is 0.286. The molecule has 0 unspecified atom stereocenters. The topological polar surface area (TPSA) is 97.6 Å². The van der Waals surface area contributed by atoms with Crippen LogP contribution in [-0.4, -0.2) is 62.4 Å². The lowest BCUT2D eigenvalue weighted by molar-refractivity contribution is -0.147. The highest BCUT2D eigenvalue weighted by molar-refractivity contribution is 5.97. The van der Waals surface area contributed by atoms with Crippen molar-refractivity contribution in [3.8, 4) is 5.69 Å². The van der Waals surface area contributed by atoms with Gasteiger partial charge in [0.1, 0.15) is 12.7 Å². The number of aromatic nitrogens is 3. The fourth-order valence-electron chi connectivity index (χ4n) is 2.34. The molecule has 1 amide bonds. The number of hydrogen-bond acceptors (Lipinski definition) is 5. The molecular formula is C14H14N4O4. The number of aliphatic carboxylic acids is 1.